The summed E-state index contributed by atoms with van der Waals surface area (Å²) in [7, 11) is 0. The zero-order valence-electron chi connectivity index (χ0n) is 41.7. The number of unbranched alkanes of at least 4 members (excludes halogenated alkanes) is 14. The fraction of sp³-hybridized carbons (Fsp3) is 0.610. The largest absolute Gasteiger partial charge is 0.462 e. The molecule has 0 heterocycles. The maximum absolute atomic E-state index is 12.8. The summed E-state index contributed by atoms with van der Waals surface area (Å²) in [6.45, 7) is 6.33. The number of carbonyl (C=O) groups is 3. The molecule has 6 heteroatoms. The lowest BCUT2D eigenvalue weighted by Crippen LogP contribution is -2.30. The van der Waals surface area contributed by atoms with Crippen LogP contribution in [-0.2, 0) is 28.6 Å². The molecule has 0 bridgehead atoms. The molecule has 0 aromatic carbocycles. The molecule has 0 radical (unpaired) electrons. The Labute approximate surface area is 399 Å². The summed E-state index contributed by atoms with van der Waals surface area (Å²) < 4.78 is 16.7. The second-order valence-electron chi connectivity index (χ2n) is 16.7. The van der Waals surface area contributed by atoms with Crippen molar-refractivity contribution < 1.29 is 28.6 Å². The molecular weight excluding hydrogens is 805 g/mol. The monoisotopic (exact) mass is 899 g/mol. The van der Waals surface area contributed by atoms with Crippen molar-refractivity contribution in [3.05, 3.63) is 122 Å². The van der Waals surface area contributed by atoms with Gasteiger partial charge >= 0.3 is 17.9 Å². The van der Waals surface area contributed by atoms with Gasteiger partial charge in [-0.15, -0.1) is 0 Å². The molecule has 0 saturated carbocycles. The summed E-state index contributed by atoms with van der Waals surface area (Å²) in [5.41, 5.74) is 0. The van der Waals surface area contributed by atoms with Gasteiger partial charge in [-0.1, -0.05) is 200 Å². The van der Waals surface area contributed by atoms with E-state index < -0.39 is 6.10 Å². The van der Waals surface area contributed by atoms with E-state index in [9.17, 15) is 14.4 Å². The van der Waals surface area contributed by atoms with Crippen molar-refractivity contribution in [3.63, 3.8) is 0 Å². The van der Waals surface area contributed by atoms with Gasteiger partial charge in [0, 0.05) is 19.3 Å². The molecule has 0 spiro atoms. The van der Waals surface area contributed by atoms with Crippen LogP contribution in [0.1, 0.15) is 213 Å². The Bertz CT molecular complexity index is 1400. The number of carbonyl (C=O) groups excluding carboxylic acids is 3. The summed E-state index contributed by atoms with van der Waals surface area (Å²) in [6, 6.07) is 0. The van der Waals surface area contributed by atoms with Gasteiger partial charge in [0.15, 0.2) is 6.10 Å². The highest BCUT2D eigenvalue weighted by Crippen LogP contribution is 2.12. The van der Waals surface area contributed by atoms with Gasteiger partial charge in [-0.2, -0.15) is 0 Å². The number of rotatable bonds is 45. The third-order valence-corrected chi connectivity index (χ3v) is 10.4. The van der Waals surface area contributed by atoms with Gasteiger partial charge in [0.2, 0.25) is 0 Å². The minimum absolute atomic E-state index is 0.110. The molecule has 0 aromatic heterocycles. The molecule has 0 amide bonds. The number of hydrogen-bond donors (Lipinski definition) is 0. The van der Waals surface area contributed by atoms with Crippen molar-refractivity contribution in [2.45, 2.75) is 219 Å². The maximum atomic E-state index is 12.8. The van der Waals surface area contributed by atoms with E-state index in [1.165, 1.54) is 32.1 Å². The van der Waals surface area contributed by atoms with Crippen LogP contribution in [0.15, 0.2) is 122 Å². The Morgan fingerprint density at radius 1 is 0.323 bits per heavy atom. The second-order valence-corrected chi connectivity index (χ2v) is 16.7. The zero-order valence-corrected chi connectivity index (χ0v) is 41.7. The summed E-state index contributed by atoms with van der Waals surface area (Å²) >= 11 is 0. The van der Waals surface area contributed by atoms with Gasteiger partial charge in [0.05, 0.1) is 0 Å². The van der Waals surface area contributed by atoms with Gasteiger partial charge in [0.1, 0.15) is 13.2 Å². The molecule has 0 aromatic rings. The van der Waals surface area contributed by atoms with E-state index in [4.69, 9.17) is 14.2 Å². The lowest BCUT2D eigenvalue weighted by atomic mass is 10.1. The summed E-state index contributed by atoms with van der Waals surface area (Å²) in [4.78, 5) is 37.9. The van der Waals surface area contributed by atoms with Gasteiger partial charge in [-0.25, -0.2) is 0 Å². The topological polar surface area (TPSA) is 78.9 Å². The molecule has 0 aliphatic rings. The minimum atomic E-state index is -0.814. The predicted molar refractivity (Wildman–Crippen MR) is 279 cm³/mol. The predicted octanol–water partition coefficient (Wildman–Crippen LogP) is 17.3. The number of hydrogen-bond acceptors (Lipinski definition) is 6. The Kier molecular flexibility index (Phi) is 49.1. The molecule has 6 nitrogen and oxygen atoms in total. The fourth-order valence-corrected chi connectivity index (χ4v) is 6.51. The van der Waals surface area contributed by atoms with Gasteiger partial charge in [-0.05, 0) is 116 Å². The van der Waals surface area contributed by atoms with Crippen LogP contribution in [-0.4, -0.2) is 37.2 Å². The van der Waals surface area contributed by atoms with Crippen LogP contribution in [0.5, 0.6) is 0 Å². The van der Waals surface area contributed by atoms with Crippen LogP contribution >= 0.6 is 0 Å². The first kappa shape index (κ1) is 60.8. The van der Waals surface area contributed by atoms with E-state index in [1.807, 2.05) is 0 Å². The van der Waals surface area contributed by atoms with Crippen LogP contribution in [0.25, 0.3) is 0 Å². The van der Waals surface area contributed by atoms with Crippen LogP contribution < -0.4 is 0 Å². The van der Waals surface area contributed by atoms with Crippen LogP contribution in [0.3, 0.4) is 0 Å². The van der Waals surface area contributed by atoms with Crippen LogP contribution in [0.2, 0.25) is 0 Å². The third-order valence-electron chi connectivity index (χ3n) is 10.4. The van der Waals surface area contributed by atoms with E-state index in [1.54, 1.807) is 0 Å². The second kappa shape index (κ2) is 52.4. The average molecular weight is 899 g/mol. The number of ether oxygens (including phenoxy) is 3. The van der Waals surface area contributed by atoms with Crippen molar-refractivity contribution >= 4 is 17.9 Å². The van der Waals surface area contributed by atoms with E-state index >= 15 is 0 Å². The van der Waals surface area contributed by atoms with Gasteiger partial charge in [0.25, 0.3) is 0 Å². The third kappa shape index (κ3) is 50.7. The number of allylic oxidation sites excluding steroid dienone is 20. The molecule has 0 rings (SSSR count). The van der Waals surface area contributed by atoms with Crippen LogP contribution in [0, 0.1) is 0 Å². The van der Waals surface area contributed by atoms with E-state index in [0.29, 0.717) is 19.3 Å². The standard InChI is InChI=1S/C59H94O6/c1-4-7-10-13-16-19-22-24-25-26-27-28-29-30-31-32-33-35-37-40-43-46-49-52-58(61)64-55-56(54-63-57(60)51-48-45-42-39-36-21-18-15-12-9-6-3)65-59(62)53-50-47-44-41-38-34-23-20-17-14-11-8-5-2/h7,10-11,14-16,18-20,23-25,27-28,30-31,33,35,40,43,56H,4-6,8-9,12-13,17,21-22,26,29,32,34,36-39,41-42,44-55H2,1-3H3/b10-7-,14-11-,18-15-,19-16-,23-20-,25-24-,28-27-,31-30-,35-33-,43-40-. The Morgan fingerprint density at radius 2 is 0.646 bits per heavy atom. The number of esters is 3. The molecule has 65 heavy (non-hydrogen) atoms. The molecule has 0 N–H and O–H groups in total. The summed E-state index contributed by atoms with van der Waals surface area (Å²) in [5.74, 6) is -1.00. The van der Waals surface area contributed by atoms with E-state index in [2.05, 4.69) is 142 Å². The highest BCUT2D eigenvalue weighted by atomic mass is 16.6. The van der Waals surface area contributed by atoms with Crippen molar-refractivity contribution in [3.8, 4) is 0 Å². The molecule has 0 saturated heterocycles. The van der Waals surface area contributed by atoms with Gasteiger partial charge in [-0.3, -0.25) is 14.4 Å². The Hall–Kier alpha value is -4.19. The van der Waals surface area contributed by atoms with Crippen molar-refractivity contribution in [2.75, 3.05) is 13.2 Å². The highest BCUT2D eigenvalue weighted by molar-refractivity contribution is 5.71. The smallest absolute Gasteiger partial charge is 0.306 e. The van der Waals surface area contributed by atoms with Crippen molar-refractivity contribution in [1.82, 2.24) is 0 Å². The first-order valence-electron chi connectivity index (χ1n) is 26.0. The molecule has 1 unspecified atom stereocenters. The summed E-state index contributed by atoms with van der Waals surface area (Å²) in [5, 5.41) is 0. The summed E-state index contributed by atoms with van der Waals surface area (Å²) in [6.07, 6.45) is 71.9. The Balaban J connectivity index is 4.47. The molecule has 0 fully saturated rings. The molecule has 0 aliphatic carbocycles. The van der Waals surface area contributed by atoms with Gasteiger partial charge < -0.3 is 14.2 Å². The minimum Gasteiger partial charge on any atom is -0.462 e. The van der Waals surface area contributed by atoms with Crippen LogP contribution in [0.4, 0.5) is 0 Å². The van der Waals surface area contributed by atoms with Crippen molar-refractivity contribution in [2.24, 2.45) is 0 Å². The molecule has 0 aliphatic heterocycles. The molecule has 1 atom stereocenters. The normalized spacial score (nSPS) is 13.1. The molecular formula is C59H94O6. The van der Waals surface area contributed by atoms with Crippen molar-refractivity contribution in [1.29, 1.82) is 0 Å². The molecule has 366 valence electrons. The fourth-order valence-electron chi connectivity index (χ4n) is 6.51. The van der Waals surface area contributed by atoms with E-state index in [0.717, 1.165) is 135 Å². The quantitative estimate of drug-likeness (QED) is 0.0262. The average Bonchev–Trinajstić information content (AvgIpc) is 3.30. The SMILES string of the molecule is CC/C=C\C/C=C\C/C=C\C/C=C\C/C=C\C/C=C\C/C=C\CCCC(=O)OCC(COC(=O)CCCCCCC/C=C\CCCC)OC(=O)CCCCCCC/C=C\C/C=C\CCC. The maximum Gasteiger partial charge on any atom is 0.306 e. The first-order chi connectivity index (χ1) is 32.0. The zero-order chi connectivity index (χ0) is 47.2. The first-order valence-corrected chi connectivity index (χ1v) is 26.0. The highest BCUT2D eigenvalue weighted by Gasteiger charge is 2.19. The lowest BCUT2D eigenvalue weighted by Gasteiger charge is -2.18. The Morgan fingerprint density at radius 3 is 1.08 bits per heavy atom. The van der Waals surface area contributed by atoms with E-state index in [-0.39, 0.29) is 37.5 Å². The lowest BCUT2D eigenvalue weighted by molar-refractivity contribution is -0.167.